The van der Waals surface area contributed by atoms with E-state index in [1.807, 2.05) is 0 Å². The van der Waals surface area contributed by atoms with Gasteiger partial charge in [-0.3, -0.25) is 9.59 Å². The number of hydrogen-bond acceptors (Lipinski definition) is 3. The zero-order valence-electron chi connectivity index (χ0n) is 11.6. The van der Waals surface area contributed by atoms with Crippen molar-refractivity contribution in [1.29, 1.82) is 0 Å². The summed E-state index contributed by atoms with van der Waals surface area (Å²) in [5, 5.41) is 14.1. The van der Waals surface area contributed by atoms with E-state index in [0.717, 1.165) is 6.08 Å². The van der Waals surface area contributed by atoms with Gasteiger partial charge in [0.2, 0.25) is 5.91 Å². The van der Waals surface area contributed by atoms with Crippen molar-refractivity contribution in [3.63, 3.8) is 0 Å². The molecule has 3 N–H and O–H groups in total. The third-order valence-corrected chi connectivity index (χ3v) is 3.34. The summed E-state index contributed by atoms with van der Waals surface area (Å²) in [4.78, 5) is 33.9. The van der Waals surface area contributed by atoms with E-state index in [1.54, 1.807) is 25.1 Å². The van der Waals surface area contributed by atoms with Gasteiger partial charge in [0.25, 0.3) is 5.91 Å². The van der Waals surface area contributed by atoms with Crippen molar-refractivity contribution in [3.05, 3.63) is 41.0 Å². The van der Waals surface area contributed by atoms with Gasteiger partial charge in [0.1, 0.15) is 0 Å². The molecule has 2 rings (SSSR count). The molecule has 1 aromatic rings. The average Bonchev–Trinajstić information content (AvgIpc) is 2.82. The summed E-state index contributed by atoms with van der Waals surface area (Å²) in [6, 6.07) is 4.91. The maximum atomic E-state index is 12.2. The first-order valence-corrected chi connectivity index (χ1v) is 6.55. The maximum absolute atomic E-state index is 12.2. The molecule has 1 unspecified atom stereocenters. The summed E-state index contributed by atoms with van der Waals surface area (Å²) >= 11 is 0. The zero-order chi connectivity index (χ0) is 15.4. The number of hydrogen-bond donors (Lipinski definition) is 3. The van der Waals surface area contributed by atoms with Crippen molar-refractivity contribution >= 4 is 23.9 Å². The van der Waals surface area contributed by atoms with Crippen molar-refractivity contribution < 1.29 is 19.5 Å². The quantitative estimate of drug-likeness (QED) is 0.711. The normalized spacial score (nSPS) is 17.8. The Bertz CT molecular complexity index is 622. The van der Waals surface area contributed by atoms with Crippen LogP contribution in [0.5, 0.6) is 0 Å². The number of benzene rings is 1. The van der Waals surface area contributed by atoms with Gasteiger partial charge in [-0.1, -0.05) is 12.1 Å². The lowest BCUT2D eigenvalue weighted by atomic mass is 10.0. The van der Waals surface area contributed by atoms with Crippen molar-refractivity contribution in [2.24, 2.45) is 0 Å². The summed E-state index contributed by atoms with van der Waals surface area (Å²) in [6.07, 6.45) is 2.77. The van der Waals surface area contributed by atoms with Crippen LogP contribution in [-0.2, 0) is 9.59 Å². The topological polar surface area (TPSA) is 95.5 Å². The van der Waals surface area contributed by atoms with Crippen LogP contribution in [0.4, 0.5) is 0 Å². The number of aliphatic carboxylic acids is 1. The number of nitrogens with one attached hydrogen (secondary N) is 2. The van der Waals surface area contributed by atoms with Crippen LogP contribution in [0.15, 0.2) is 24.3 Å². The number of carboxylic acid groups (broad SMARTS) is 1. The molecule has 110 valence electrons. The second kappa shape index (κ2) is 6.21. The van der Waals surface area contributed by atoms with E-state index < -0.39 is 5.97 Å². The number of carboxylic acids is 1. The lowest BCUT2D eigenvalue weighted by Gasteiger charge is -2.13. The molecule has 2 amide bonds. The number of rotatable bonds is 4. The van der Waals surface area contributed by atoms with Crippen molar-refractivity contribution in [2.45, 2.75) is 19.4 Å². The third kappa shape index (κ3) is 3.68. The molecule has 0 radical (unpaired) electrons. The molecule has 0 aliphatic carbocycles. The van der Waals surface area contributed by atoms with E-state index in [0.29, 0.717) is 23.2 Å². The predicted molar refractivity (Wildman–Crippen MR) is 76.7 cm³/mol. The lowest BCUT2D eigenvalue weighted by Crippen LogP contribution is -2.36. The SMILES string of the molecule is Cc1c(/C=C/C(=O)O)cccc1C(=O)NC1CNC(=O)C1. The minimum absolute atomic E-state index is 0.0739. The van der Waals surface area contributed by atoms with Crippen molar-refractivity contribution in [2.75, 3.05) is 6.54 Å². The van der Waals surface area contributed by atoms with Crippen LogP contribution in [0.3, 0.4) is 0 Å². The van der Waals surface area contributed by atoms with Gasteiger partial charge in [0, 0.05) is 24.6 Å². The van der Waals surface area contributed by atoms with Gasteiger partial charge in [0.05, 0.1) is 6.04 Å². The fourth-order valence-corrected chi connectivity index (χ4v) is 2.21. The summed E-state index contributed by atoms with van der Waals surface area (Å²) < 4.78 is 0. The predicted octanol–water partition coefficient (Wildman–Crippen LogP) is 0.711. The first-order chi connectivity index (χ1) is 9.97. The average molecular weight is 288 g/mol. The minimum atomic E-state index is -1.04. The summed E-state index contributed by atoms with van der Waals surface area (Å²) in [5.41, 5.74) is 1.84. The molecule has 0 spiro atoms. The van der Waals surface area contributed by atoms with E-state index in [9.17, 15) is 14.4 Å². The molecule has 1 fully saturated rings. The van der Waals surface area contributed by atoms with Gasteiger partial charge in [-0.2, -0.15) is 0 Å². The Hall–Kier alpha value is -2.63. The van der Waals surface area contributed by atoms with Gasteiger partial charge >= 0.3 is 5.97 Å². The van der Waals surface area contributed by atoms with E-state index in [-0.39, 0.29) is 24.3 Å². The van der Waals surface area contributed by atoms with Crippen molar-refractivity contribution in [3.8, 4) is 0 Å². The standard InChI is InChI=1S/C15H16N2O4/c1-9-10(5-6-14(19)20)3-2-4-12(9)15(21)17-11-7-13(18)16-8-11/h2-6,11H,7-8H2,1H3,(H,16,18)(H,17,21)(H,19,20)/b6-5+. The molecule has 1 aliphatic heterocycles. The first-order valence-electron chi connectivity index (χ1n) is 6.55. The molecule has 0 aromatic heterocycles. The van der Waals surface area contributed by atoms with Crippen LogP contribution < -0.4 is 10.6 Å². The third-order valence-electron chi connectivity index (χ3n) is 3.34. The van der Waals surface area contributed by atoms with E-state index in [4.69, 9.17) is 5.11 Å². The fraction of sp³-hybridized carbons (Fsp3) is 0.267. The molecule has 6 heteroatoms. The number of carbonyl (C=O) groups excluding carboxylic acids is 2. The Morgan fingerprint density at radius 3 is 2.81 bits per heavy atom. The molecule has 1 aliphatic rings. The van der Waals surface area contributed by atoms with Gasteiger partial charge < -0.3 is 15.7 Å². The molecular weight excluding hydrogens is 272 g/mol. The van der Waals surface area contributed by atoms with E-state index in [1.165, 1.54) is 6.08 Å². The highest BCUT2D eigenvalue weighted by Crippen LogP contribution is 2.16. The molecular formula is C15H16N2O4. The molecule has 1 aromatic carbocycles. The fourth-order valence-electron chi connectivity index (χ4n) is 2.21. The van der Waals surface area contributed by atoms with Crippen LogP contribution >= 0.6 is 0 Å². The van der Waals surface area contributed by atoms with E-state index >= 15 is 0 Å². The second-order valence-electron chi connectivity index (χ2n) is 4.87. The highest BCUT2D eigenvalue weighted by molar-refractivity contribution is 5.97. The highest BCUT2D eigenvalue weighted by Gasteiger charge is 2.23. The van der Waals surface area contributed by atoms with Crippen LogP contribution in [-0.4, -0.2) is 35.5 Å². The Morgan fingerprint density at radius 1 is 1.43 bits per heavy atom. The summed E-state index contributed by atoms with van der Waals surface area (Å²) in [5.74, 6) is -1.38. The van der Waals surface area contributed by atoms with E-state index in [2.05, 4.69) is 10.6 Å². The zero-order valence-corrected chi connectivity index (χ0v) is 11.6. The Balaban J connectivity index is 2.15. The van der Waals surface area contributed by atoms with Crippen LogP contribution in [0, 0.1) is 6.92 Å². The molecule has 21 heavy (non-hydrogen) atoms. The van der Waals surface area contributed by atoms with Gasteiger partial charge in [0.15, 0.2) is 0 Å². The Labute approximate surface area is 121 Å². The Kier molecular flexibility index (Phi) is 4.37. The molecule has 0 saturated carbocycles. The molecule has 1 atom stereocenters. The van der Waals surface area contributed by atoms with Gasteiger partial charge in [-0.15, -0.1) is 0 Å². The molecule has 1 heterocycles. The number of carbonyl (C=O) groups is 3. The molecule has 1 saturated heterocycles. The Morgan fingerprint density at radius 2 is 2.19 bits per heavy atom. The summed E-state index contributed by atoms with van der Waals surface area (Å²) in [6.45, 7) is 2.19. The van der Waals surface area contributed by atoms with Crippen LogP contribution in [0.1, 0.15) is 27.9 Å². The number of amides is 2. The lowest BCUT2D eigenvalue weighted by molar-refractivity contribution is -0.131. The second-order valence-corrected chi connectivity index (χ2v) is 4.87. The molecule has 6 nitrogen and oxygen atoms in total. The first kappa shape index (κ1) is 14.8. The van der Waals surface area contributed by atoms with Gasteiger partial charge in [-0.25, -0.2) is 4.79 Å². The highest BCUT2D eigenvalue weighted by atomic mass is 16.4. The van der Waals surface area contributed by atoms with Crippen molar-refractivity contribution in [1.82, 2.24) is 10.6 Å². The monoisotopic (exact) mass is 288 g/mol. The van der Waals surface area contributed by atoms with Gasteiger partial charge in [-0.05, 0) is 30.2 Å². The maximum Gasteiger partial charge on any atom is 0.328 e. The van der Waals surface area contributed by atoms with Crippen LogP contribution in [0.25, 0.3) is 6.08 Å². The van der Waals surface area contributed by atoms with Crippen LogP contribution in [0.2, 0.25) is 0 Å². The molecule has 0 bridgehead atoms. The summed E-state index contributed by atoms with van der Waals surface area (Å²) in [7, 11) is 0. The minimum Gasteiger partial charge on any atom is -0.478 e. The smallest absolute Gasteiger partial charge is 0.328 e. The largest absolute Gasteiger partial charge is 0.478 e.